The fourth-order valence-electron chi connectivity index (χ4n) is 4.89. The Kier molecular flexibility index (Phi) is 6.02. The van der Waals surface area contributed by atoms with Crippen LogP contribution < -0.4 is 20.1 Å². The molecule has 1 heterocycles. The van der Waals surface area contributed by atoms with Crippen molar-refractivity contribution in [1.29, 1.82) is 0 Å². The third-order valence-electron chi connectivity index (χ3n) is 6.29. The quantitative estimate of drug-likeness (QED) is 0.680. The van der Waals surface area contributed by atoms with Crippen molar-refractivity contribution in [2.24, 2.45) is 5.41 Å². The predicted molar refractivity (Wildman–Crippen MR) is 128 cm³/mol. The zero-order chi connectivity index (χ0) is 23.8. The molecule has 172 valence electrons. The summed E-state index contributed by atoms with van der Waals surface area (Å²) in [4.78, 5) is 27.1. The molecule has 4 rings (SSSR count). The van der Waals surface area contributed by atoms with Crippen LogP contribution in [-0.2, 0) is 9.59 Å². The minimum absolute atomic E-state index is 0.0553. The number of Topliss-reactive ketones (excluding diaryl/α,β-unsaturated/α-hetero) is 1. The largest absolute Gasteiger partial charge is 0.496 e. The number of allylic oxidation sites excluding steroid dienone is 3. The van der Waals surface area contributed by atoms with E-state index in [0.717, 1.165) is 23.4 Å². The number of benzene rings is 2. The van der Waals surface area contributed by atoms with Gasteiger partial charge >= 0.3 is 0 Å². The molecule has 0 fully saturated rings. The van der Waals surface area contributed by atoms with Gasteiger partial charge in [-0.15, -0.1) is 0 Å². The number of hydrogen-bond acceptors (Lipinski definition) is 5. The van der Waals surface area contributed by atoms with Crippen LogP contribution in [0, 0.1) is 5.41 Å². The van der Waals surface area contributed by atoms with Gasteiger partial charge in [-0.1, -0.05) is 44.2 Å². The van der Waals surface area contributed by atoms with Crippen LogP contribution in [0.5, 0.6) is 11.5 Å². The second-order valence-electron chi connectivity index (χ2n) is 9.33. The predicted octanol–water partition coefficient (Wildman–Crippen LogP) is 4.95. The maximum absolute atomic E-state index is 13.7. The lowest BCUT2D eigenvalue weighted by Gasteiger charge is -2.40. The second kappa shape index (κ2) is 8.77. The highest BCUT2D eigenvalue weighted by molar-refractivity contribution is 6.10. The van der Waals surface area contributed by atoms with Crippen molar-refractivity contribution in [2.75, 3.05) is 19.5 Å². The number of nitrogens with one attached hydrogen (secondary N) is 2. The summed E-state index contributed by atoms with van der Waals surface area (Å²) in [6.07, 6.45) is 1.16. The first-order valence-corrected chi connectivity index (χ1v) is 11.1. The van der Waals surface area contributed by atoms with E-state index in [2.05, 4.69) is 24.5 Å². The summed E-state index contributed by atoms with van der Waals surface area (Å²) in [7, 11) is 3.17. The molecule has 6 nitrogen and oxygen atoms in total. The Morgan fingerprint density at radius 3 is 2.33 bits per heavy atom. The van der Waals surface area contributed by atoms with Crippen molar-refractivity contribution in [3.05, 3.63) is 76.6 Å². The molecule has 1 amide bonds. The molecular weight excluding hydrogens is 416 g/mol. The van der Waals surface area contributed by atoms with Gasteiger partial charge in [-0.2, -0.15) is 0 Å². The number of para-hydroxylation sites is 3. The standard InChI is InChI=1S/C27H30N2O4/c1-16-23(26(31)29-18-11-7-9-13-22(18)33-5)24(17-10-6-8-12-21(17)32-4)25-19(28-16)14-27(2,3)15-20(25)30/h6-13,24,28H,14-15H2,1-5H3,(H,29,31). The first-order chi connectivity index (χ1) is 15.8. The van der Waals surface area contributed by atoms with Gasteiger partial charge in [-0.05, 0) is 37.0 Å². The molecule has 2 N–H and O–H groups in total. The number of methoxy groups -OCH3 is 2. The van der Waals surface area contributed by atoms with Crippen LogP contribution in [0.3, 0.4) is 0 Å². The van der Waals surface area contributed by atoms with Crippen LogP contribution >= 0.6 is 0 Å². The number of dihydropyridines is 1. The van der Waals surface area contributed by atoms with E-state index in [1.807, 2.05) is 43.3 Å². The van der Waals surface area contributed by atoms with Crippen molar-refractivity contribution in [3.8, 4) is 11.5 Å². The Balaban J connectivity index is 1.85. The average molecular weight is 447 g/mol. The smallest absolute Gasteiger partial charge is 0.254 e. The average Bonchev–Trinajstić information content (AvgIpc) is 2.77. The maximum Gasteiger partial charge on any atom is 0.254 e. The van der Waals surface area contributed by atoms with E-state index in [0.29, 0.717) is 34.8 Å². The van der Waals surface area contributed by atoms with Crippen molar-refractivity contribution in [2.45, 2.75) is 39.5 Å². The summed E-state index contributed by atoms with van der Waals surface area (Å²) in [5.74, 6) is 0.446. The van der Waals surface area contributed by atoms with Gasteiger partial charge < -0.3 is 20.1 Å². The van der Waals surface area contributed by atoms with Gasteiger partial charge in [-0.25, -0.2) is 0 Å². The van der Waals surface area contributed by atoms with Crippen molar-refractivity contribution >= 4 is 17.4 Å². The van der Waals surface area contributed by atoms with Crippen molar-refractivity contribution in [1.82, 2.24) is 5.32 Å². The second-order valence-corrected chi connectivity index (χ2v) is 9.33. The topological polar surface area (TPSA) is 76.7 Å². The highest BCUT2D eigenvalue weighted by Crippen LogP contribution is 2.48. The third-order valence-corrected chi connectivity index (χ3v) is 6.29. The van der Waals surface area contributed by atoms with E-state index in [-0.39, 0.29) is 17.1 Å². The highest BCUT2D eigenvalue weighted by atomic mass is 16.5. The molecule has 0 bridgehead atoms. The van der Waals surface area contributed by atoms with Crippen LogP contribution in [0.15, 0.2) is 71.1 Å². The lowest BCUT2D eigenvalue weighted by atomic mass is 9.68. The molecule has 1 aliphatic heterocycles. The van der Waals surface area contributed by atoms with Crippen LogP contribution in [0.2, 0.25) is 0 Å². The molecule has 6 heteroatoms. The maximum atomic E-state index is 13.7. The van der Waals surface area contributed by atoms with Gasteiger partial charge in [0.15, 0.2) is 5.78 Å². The Hall–Kier alpha value is -3.54. The Labute approximate surface area is 194 Å². The Morgan fingerprint density at radius 2 is 1.64 bits per heavy atom. The number of rotatable bonds is 5. The molecule has 0 radical (unpaired) electrons. The van der Waals surface area contributed by atoms with E-state index in [1.165, 1.54) is 0 Å². The lowest BCUT2D eigenvalue weighted by molar-refractivity contribution is -0.118. The molecule has 0 saturated heterocycles. The van der Waals surface area contributed by atoms with Crippen LogP contribution in [0.4, 0.5) is 5.69 Å². The highest BCUT2D eigenvalue weighted by Gasteiger charge is 2.43. The first kappa shape index (κ1) is 22.6. The molecule has 0 saturated carbocycles. The third kappa shape index (κ3) is 4.25. The molecule has 1 atom stereocenters. The fraction of sp³-hybridized carbons (Fsp3) is 0.333. The normalized spacial score (nSPS) is 19.5. The van der Waals surface area contributed by atoms with Crippen LogP contribution in [0.25, 0.3) is 0 Å². The van der Waals surface area contributed by atoms with E-state index in [4.69, 9.17) is 9.47 Å². The first-order valence-electron chi connectivity index (χ1n) is 11.1. The Morgan fingerprint density at radius 1 is 1.00 bits per heavy atom. The molecule has 2 aromatic carbocycles. The number of amides is 1. The fourth-order valence-corrected chi connectivity index (χ4v) is 4.89. The zero-order valence-corrected chi connectivity index (χ0v) is 19.7. The molecule has 0 aromatic heterocycles. The van der Waals surface area contributed by atoms with Gasteiger partial charge in [0.05, 0.1) is 25.8 Å². The summed E-state index contributed by atoms with van der Waals surface area (Å²) in [6.45, 7) is 6.07. The number of hydrogen-bond donors (Lipinski definition) is 2. The summed E-state index contributed by atoms with van der Waals surface area (Å²) in [6, 6.07) is 14.8. The van der Waals surface area contributed by atoms with Crippen LogP contribution in [-0.4, -0.2) is 25.9 Å². The van der Waals surface area contributed by atoms with E-state index < -0.39 is 5.92 Å². The molecule has 1 unspecified atom stereocenters. The number of anilines is 1. The molecule has 1 aliphatic carbocycles. The van der Waals surface area contributed by atoms with E-state index in [1.54, 1.807) is 26.4 Å². The lowest BCUT2D eigenvalue weighted by Crippen LogP contribution is -2.39. The van der Waals surface area contributed by atoms with Crippen LogP contribution in [0.1, 0.15) is 45.1 Å². The molecular formula is C27H30N2O4. The Bertz CT molecular complexity index is 1180. The summed E-state index contributed by atoms with van der Waals surface area (Å²) >= 11 is 0. The number of ketones is 1. The SMILES string of the molecule is COc1ccccc1NC(=O)C1=C(C)NC2=C(C(=O)CC(C)(C)C2)C1c1ccccc1OC. The molecule has 2 aromatic rings. The minimum Gasteiger partial charge on any atom is -0.496 e. The summed E-state index contributed by atoms with van der Waals surface area (Å²) in [5, 5.41) is 6.38. The molecule has 33 heavy (non-hydrogen) atoms. The van der Waals surface area contributed by atoms with Gasteiger partial charge in [0.2, 0.25) is 0 Å². The van der Waals surface area contributed by atoms with Gasteiger partial charge in [0.1, 0.15) is 11.5 Å². The molecule has 0 spiro atoms. The summed E-state index contributed by atoms with van der Waals surface area (Å²) in [5.41, 5.74) is 3.98. The minimum atomic E-state index is -0.532. The number of carbonyl (C=O) groups is 2. The number of carbonyl (C=O) groups excluding carboxylic acids is 2. The van der Waals surface area contributed by atoms with Crippen molar-refractivity contribution in [3.63, 3.8) is 0 Å². The van der Waals surface area contributed by atoms with Crippen molar-refractivity contribution < 1.29 is 19.1 Å². The van der Waals surface area contributed by atoms with Gasteiger partial charge in [0, 0.05) is 34.5 Å². The van der Waals surface area contributed by atoms with E-state index >= 15 is 0 Å². The van der Waals surface area contributed by atoms with Gasteiger partial charge in [0.25, 0.3) is 5.91 Å². The summed E-state index contributed by atoms with van der Waals surface area (Å²) < 4.78 is 11.0. The zero-order valence-electron chi connectivity index (χ0n) is 19.7. The van der Waals surface area contributed by atoms with Gasteiger partial charge in [-0.3, -0.25) is 9.59 Å². The molecule has 2 aliphatic rings. The van der Waals surface area contributed by atoms with E-state index in [9.17, 15) is 9.59 Å². The number of ether oxygens (including phenoxy) is 2. The monoisotopic (exact) mass is 446 g/mol.